The molecule has 0 radical (unpaired) electrons. The van der Waals surface area contributed by atoms with Crippen molar-refractivity contribution in [2.24, 2.45) is 0 Å². The molecule has 126 valence electrons. The second kappa shape index (κ2) is 8.52. The number of nitrogens with zero attached hydrogens (tertiary/aromatic N) is 2. The van der Waals surface area contributed by atoms with Crippen molar-refractivity contribution in [1.82, 2.24) is 10.2 Å². The smallest absolute Gasteiger partial charge is 0.229 e. The van der Waals surface area contributed by atoms with Crippen LogP contribution < -0.4 is 20.1 Å². The van der Waals surface area contributed by atoms with Gasteiger partial charge in [0.1, 0.15) is 5.82 Å². The van der Waals surface area contributed by atoms with Crippen LogP contribution in [-0.4, -0.2) is 36.9 Å². The van der Waals surface area contributed by atoms with Crippen LogP contribution in [0.15, 0.2) is 43.0 Å². The zero-order valence-corrected chi connectivity index (χ0v) is 13.7. The van der Waals surface area contributed by atoms with Crippen LogP contribution in [0.2, 0.25) is 0 Å². The maximum absolute atomic E-state index is 12.1. The van der Waals surface area contributed by atoms with Crippen molar-refractivity contribution in [1.29, 1.82) is 0 Å². The summed E-state index contributed by atoms with van der Waals surface area (Å²) in [6.45, 7) is 4.21. The molecule has 0 saturated carbocycles. The van der Waals surface area contributed by atoms with Crippen molar-refractivity contribution in [3.63, 3.8) is 0 Å². The summed E-state index contributed by atoms with van der Waals surface area (Å²) in [5.41, 5.74) is 0.808. The predicted molar refractivity (Wildman–Crippen MR) is 92.6 cm³/mol. The van der Waals surface area contributed by atoms with Crippen molar-refractivity contribution in [2.45, 2.75) is 6.42 Å². The van der Waals surface area contributed by atoms with Crippen LogP contribution in [0.1, 0.15) is 5.56 Å². The number of carbonyl (C=O) groups excluding carboxylic acids is 1. The molecule has 0 aliphatic heterocycles. The lowest BCUT2D eigenvalue weighted by Crippen LogP contribution is -2.16. The standard InChI is InChI=1S/C17H20N4O3/c1-4-9-18-15-7-8-16(21-20-15)19-17(22)11-12-5-6-13(23-2)14(10-12)24-3/h4-8,10H,1,9,11H2,2-3H3,(H,18,20)(H,19,21,22). The zero-order valence-electron chi connectivity index (χ0n) is 13.7. The summed E-state index contributed by atoms with van der Waals surface area (Å²) in [5, 5.41) is 13.6. The second-order valence-electron chi connectivity index (χ2n) is 4.89. The van der Waals surface area contributed by atoms with E-state index in [0.717, 1.165) is 5.56 Å². The number of benzene rings is 1. The monoisotopic (exact) mass is 328 g/mol. The van der Waals surface area contributed by atoms with Gasteiger partial charge in [0.15, 0.2) is 17.3 Å². The van der Waals surface area contributed by atoms with Crippen LogP contribution in [0.3, 0.4) is 0 Å². The van der Waals surface area contributed by atoms with E-state index in [1.165, 1.54) is 0 Å². The van der Waals surface area contributed by atoms with Gasteiger partial charge in [-0.3, -0.25) is 4.79 Å². The van der Waals surface area contributed by atoms with Gasteiger partial charge < -0.3 is 20.1 Å². The first-order valence-electron chi connectivity index (χ1n) is 7.35. The van der Waals surface area contributed by atoms with E-state index >= 15 is 0 Å². The van der Waals surface area contributed by atoms with Crippen LogP contribution in [0.5, 0.6) is 11.5 Å². The summed E-state index contributed by atoms with van der Waals surface area (Å²) in [5.74, 6) is 2.02. The number of nitrogens with one attached hydrogen (secondary N) is 2. The van der Waals surface area contributed by atoms with E-state index in [9.17, 15) is 4.79 Å². The Hall–Kier alpha value is -3.09. The van der Waals surface area contributed by atoms with Crippen LogP contribution in [0, 0.1) is 0 Å². The number of rotatable bonds is 8. The molecule has 0 saturated heterocycles. The van der Waals surface area contributed by atoms with Crippen molar-refractivity contribution in [3.8, 4) is 11.5 Å². The number of methoxy groups -OCH3 is 2. The number of anilines is 2. The maximum Gasteiger partial charge on any atom is 0.229 e. The first-order valence-corrected chi connectivity index (χ1v) is 7.35. The van der Waals surface area contributed by atoms with Crippen LogP contribution in [-0.2, 0) is 11.2 Å². The number of hydrogen-bond donors (Lipinski definition) is 2. The van der Waals surface area contributed by atoms with E-state index in [1.54, 1.807) is 44.6 Å². The van der Waals surface area contributed by atoms with E-state index in [0.29, 0.717) is 29.7 Å². The summed E-state index contributed by atoms with van der Waals surface area (Å²) in [6, 6.07) is 8.77. The average molecular weight is 328 g/mol. The quantitative estimate of drug-likeness (QED) is 0.723. The van der Waals surface area contributed by atoms with Crippen LogP contribution in [0.25, 0.3) is 0 Å². The van der Waals surface area contributed by atoms with Gasteiger partial charge in [0, 0.05) is 6.54 Å². The van der Waals surface area contributed by atoms with Gasteiger partial charge in [-0.25, -0.2) is 0 Å². The number of hydrogen-bond acceptors (Lipinski definition) is 6. The highest BCUT2D eigenvalue weighted by molar-refractivity contribution is 5.91. The third kappa shape index (κ3) is 4.70. The maximum atomic E-state index is 12.1. The van der Waals surface area contributed by atoms with Crippen molar-refractivity contribution >= 4 is 17.5 Å². The fourth-order valence-corrected chi connectivity index (χ4v) is 2.03. The van der Waals surface area contributed by atoms with Gasteiger partial charge in [-0.2, -0.15) is 0 Å². The normalized spacial score (nSPS) is 9.92. The largest absolute Gasteiger partial charge is 0.493 e. The molecular weight excluding hydrogens is 308 g/mol. The van der Waals surface area contributed by atoms with E-state index in [4.69, 9.17) is 9.47 Å². The second-order valence-corrected chi connectivity index (χ2v) is 4.89. The fraction of sp³-hybridized carbons (Fsp3) is 0.235. The molecule has 7 heteroatoms. The number of carbonyl (C=O) groups is 1. The lowest BCUT2D eigenvalue weighted by atomic mass is 10.1. The molecule has 0 aliphatic rings. The molecule has 1 heterocycles. The first kappa shape index (κ1) is 17.3. The molecule has 0 aliphatic carbocycles. The zero-order chi connectivity index (χ0) is 17.4. The van der Waals surface area contributed by atoms with E-state index in [-0.39, 0.29) is 12.3 Å². The molecule has 2 N–H and O–H groups in total. The number of aromatic nitrogens is 2. The number of ether oxygens (including phenoxy) is 2. The molecule has 0 bridgehead atoms. The van der Waals surface area contributed by atoms with E-state index < -0.39 is 0 Å². The van der Waals surface area contributed by atoms with Gasteiger partial charge in [-0.15, -0.1) is 16.8 Å². The molecule has 2 rings (SSSR count). The van der Waals surface area contributed by atoms with Gasteiger partial charge in [0.25, 0.3) is 0 Å². The molecule has 0 spiro atoms. The Morgan fingerprint density at radius 2 is 1.83 bits per heavy atom. The average Bonchev–Trinajstić information content (AvgIpc) is 2.61. The highest BCUT2D eigenvalue weighted by atomic mass is 16.5. The molecular formula is C17H20N4O3. The van der Waals surface area contributed by atoms with Gasteiger partial charge >= 0.3 is 0 Å². The highest BCUT2D eigenvalue weighted by Crippen LogP contribution is 2.27. The Bertz CT molecular complexity index is 701. The Kier molecular flexibility index (Phi) is 6.13. The SMILES string of the molecule is C=CCNc1ccc(NC(=O)Cc2ccc(OC)c(OC)c2)nn1. The Labute approximate surface area is 140 Å². The Morgan fingerprint density at radius 3 is 2.46 bits per heavy atom. The highest BCUT2D eigenvalue weighted by Gasteiger charge is 2.09. The summed E-state index contributed by atoms with van der Waals surface area (Å²) < 4.78 is 10.4. The number of amides is 1. The predicted octanol–water partition coefficient (Wildman–Crippen LogP) is 2.27. The topological polar surface area (TPSA) is 85.4 Å². The summed E-state index contributed by atoms with van der Waals surface area (Å²) in [7, 11) is 3.12. The van der Waals surface area contributed by atoms with Gasteiger partial charge in [0.2, 0.25) is 5.91 Å². The molecule has 0 unspecified atom stereocenters. The molecule has 2 aromatic rings. The minimum atomic E-state index is -0.191. The lowest BCUT2D eigenvalue weighted by molar-refractivity contribution is -0.115. The summed E-state index contributed by atoms with van der Waals surface area (Å²) in [6.07, 6.45) is 1.92. The minimum Gasteiger partial charge on any atom is -0.493 e. The Morgan fingerprint density at radius 1 is 1.12 bits per heavy atom. The van der Waals surface area contributed by atoms with E-state index in [2.05, 4.69) is 27.4 Å². The van der Waals surface area contributed by atoms with Crippen LogP contribution >= 0.6 is 0 Å². The minimum absolute atomic E-state index is 0.191. The summed E-state index contributed by atoms with van der Waals surface area (Å²) in [4.78, 5) is 12.1. The van der Waals surface area contributed by atoms with Gasteiger partial charge in [-0.05, 0) is 29.8 Å². The summed E-state index contributed by atoms with van der Waals surface area (Å²) >= 11 is 0. The van der Waals surface area contributed by atoms with Crippen molar-refractivity contribution < 1.29 is 14.3 Å². The Balaban J connectivity index is 1.96. The lowest BCUT2D eigenvalue weighted by Gasteiger charge is -2.09. The molecule has 24 heavy (non-hydrogen) atoms. The van der Waals surface area contributed by atoms with Gasteiger partial charge in [-0.1, -0.05) is 12.1 Å². The third-order valence-electron chi connectivity index (χ3n) is 3.17. The molecule has 0 atom stereocenters. The molecule has 1 aromatic heterocycles. The van der Waals surface area contributed by atoms with E-state index in [1.807, 2.05) is 6.07 Å². The van der Waals surface area contributed by atoms with Crippen molar-refractivity contribution in [3.05, 3.63) is 48.6 Å². The third-order valence-corrected chi connectivity index (χ3v) is 3.17. The molecule has 7 nitrogen and oxygen atoms in total. The van der Waals surface area contributed by atoms with Gasteiger partial charge in [0.05, 0.1) is 20.6 Å². The first-order chi connectivity index (χ1) is 11.7. The molecule has 1 aromatic carbocycles. The van der Waals surface area contributed by atoms with Crippen molar-refractivity contribution in [2.75, 3.05) is 31.4 Å². The molecule has 0 fully saturated rings. The van der Waals surface area contributed by atoms with Crippen LogP contribution in [0.4, 0.5) is 11.6 Å². The fourth-order valence-electron chi connectivity index (χ4n) is 2.03. The molecule has 1 amide bonds.